The Bertz CT molecular complexity index is 998. The molecule has 1 aromatic heterocycles. The largest absolute Gasteiger partial charge is 0.489 e. The lowest BCUT2D eigenvalue weighted by Gasteiger charge is -2.16. The molecule has 2 atom stereocenters. The number of hydrogen-bond acceptors (Lipinski definition) is 5. The molecule has 0 bridgehead atoms. The van der Waals surface area contributed by atoms with Gasteiger partial charge in [-0.3, -0.25) is 4.79 Å². The van der Waals surface area contributed by atoms with E-state index in [1.54, 1.807) is 19.1 Å². The summed E-state index contributed by atoms with van der Waals surface area (Å²) in [5.74, 6) is 0.0249. The maximum atomic E-state index is 11.2. The predicted octanol–water partition coefficient (Wildman–Crippen LogP) is 5.67. The molecule has 152 valence electrons. The van der Waals surface area contributed by atoms with Gasteiger partial charge in [-0.2, -0.15) is 4.98 Å². The Morgan fingerprint density at radius 3 is 2.31 bits per heavy atom. The van der Waals surface area contributed by atoms with E-state index in [0.29, 0.717) is 22.5 Å². The van der Waals surface area contributed by atoms with Crippen molar-refractivity contribution in [2.75, 3.05) is 0 Å². The van der Waals surface area contributed by atoms with Gasteiger partial charge < -0.3 is 14.4 Å². The van der Waals surface area contributed by atoms with Crippen molar-refractivity contribution < 1.29 is 19.2 Å². The highest BCUT2D eigenvalue weighted by atomic mass is 35.5. The third kappa shape index (κ3) is 4.77. The number of halogens is 1. The number of carbonyl (C=O) groups is 1. The van der Waals surface area contributed by atoms with Crippen molar-refractivity contribution in [3.8, 4) is 28.6 Å². The van der Waals surface area contributed by atoms with E-state index < -0.39 is 11.9 Å². The molecule has 3 rings (SSSR count). The lowest BCUT2D eigenvalue weighted by molar-refractivity contribution is -0.141. The normalized spacial score (nSPS) is 13.3. The van der Waals surface area contributed by atoms with Gasteiger partial charge in [0.25, 0.3) is 5.89 Å². The van der Waals surface area contributed by atoms with E-state index in [2.05, 4.69) is 10.1 Å². The molecule has 2 aromatic carbocycles. The van der Waals surface area contributed by atoms with Gasteiger partial charge in [-0.05, 0) is 55.7 Å². The summed E-state index contributed by atoms with van der Waals surface area (Å²) >= 11 is 6.29. The second-order valence-electron chi connectivity index (χ2n) is 7.27. The number of carboxylic acid groups (broad SMARTS) is 1. The van der Waals surface area contributed by atoms with E-state index in [-0.39, 0.29) is 12.0 Å². The Hall–Kier alpha value is -2.86. The summed E-state index contributed by atoms with van der Waals surface area (Å²) in [7, 11) is 0. The van der Waals surface area contributed by atoms with Crippen LogP contribution >= 0.6 is 11.6 Å². The SMILES string of the molecule is CC(C)Oc1ccc(-c2noc(-c3ccc(C(C)[C@@H](C)C(=O)O)cc3)n2)cc1Cl. The molecule has 0 aliphatic heterocycles. The van der Waals surface area contributed by atoms with Crippen LogP contribution in [0.15, 0.2) is 47.0 Å². The van der Waals surface area contributed by atoms with Gasteiger partial charge in [0.05, 0.1) is 17.0 Å². The van der Waals surface area contributed by atoms with Gasteiger partial charge >= 0.3 is 5.97 Å². The van der Waals surface area contributed by atoms with Gasteiger partial charge in [0.2, 0.25) is 5.82 Å². The fraction of sp³-hybridized carbons (Fsp3) is 0.318. The number of hydrogen-bond donors (Lipinski definition) is 1. The lowest BCUT2D eigenvalue weighted by Crippen LogP contribution is -2.16. The van der Waals surface area contributed by atoms with E-state index in [4.69, 9.17) is 20.9 Å². The van der Waals surface area contributed by atoms with Crippen LogP contribution in [0.25, 0.3) is 22.8 Å². The Morgan fingerprint density at radius 1 is 1.07 bits per heavy atom. The third-order valence-corrected chi connectivity index (χ3v) is 5.10. The maximum Gasteiger partial charge on any atom is 0.306 e. The Morgan fingerprint density at radius 2 is 1.72 bits per heavy atom. The van der Waals surface area contributed by atoms with Crippen LogP contribution in [-0.4, -0.2) is 27.3 Å². The summed E-state index contributed by atoms with van der Waals surface area (Å²) in [4.78, 5) is 15.6. The molecule has 1 unspecified atom stereocenters. The third-order valence-electron chi connectivity index (χ3n) is 4.80. The molecule has 7 heteroatoms. The Balaban J connectivity index is 1.80. The molecule has 0 aliphatic rings. The summed E-state index contributed by atoms with van der Waals surface area (Å²) in [5, 5.41) is 13.7. The summed E-state index contributed by atoms with van der Waals surface area (Å²) in [6.45, 7) is 7.47. The van der Waals surface area contributed by atoms with E-state index in [1.807, 2.05) is 51.1 Å². The standard InChI is InChI=1S/C22H23ClN2O4/c1-12(2)28-19-10-9-17(11-18(19)23)20-24-21(29-25-20)16-7-5-15(6-8-16)13(3)14(4)22(26)27/h5-14H,1-4H3,(H,26,27)/t13?,14-/m1/s1. The predicted molar refractivity (Wildman–Crippen MR) is 111 cm³/mol. The molecule has 0 saturated heterocycles. The van der Waals surface area contributed by atoms with Crippen molar-refractivity contribution in [2.45, 2.75) is 39.7 Å². The number of carboxylic acids is 1. The highest BCUT2D eigenvalue weighted by molar-refractivity contribution is 6.32. The molecule has 0 radical (unpaired) electrons. The maximum absolute atomic E-state index is 11.2. The van der Waals surface area contributed by atoms with E-state index in [9.17, 15) is 9.90 Å². The van der Waals surface area contributed by atoms with Crippen molar-refractivity contribution >= 4 is 17.6 Å². The van der Waals surface area contributed by atoms with E-state index in [1.165, 1.54) is 0 Å². The van der Waals surface area contributed by atoms with Crippen LogP contribution in [0.2, 0.25) is 5.02 Å². The second kappa shape index (κ2) is 8.66. The number of rotatable bonds is 7. The first-order chi connectivity index (χ1) is 13.8. The smallest absolute Gasteiger partial charge is 0.306 e. The molecule has 0 fully saturated rings. The lowest BCUT2D eigenvalue weighted by atomic mass is 9.88. The number of aliphatic carboxylic acids is 1. The van der Waals surface area contributed by atoms with Gasteiger partial charge in [-0.15, -0.1) is 0 Å². The van der Waals surface area contributed by atoms with E-state index in [0.717, 1.165) is 16.7 Å². The molecule has 1 N–H and O–H groups in total. The fourth-order valence-corrected chi connectivity index (χ4v) is 3.10. The Kier molecular flexibility index (Phi) is 6.23. The van der Waals surface area contributed by atoms with Crippen molar-refractivity contribution in [1.82, 2.24) is 10.1 Å². The fourth-order valence-electron chi connectivity index (χ4n) is 2.88. The average Bonchev–Trinajstić information content (AvgIpc) is 3.18. The minimum Gasteiger partial charge on any atom is -0.489 e. The van der Waals surface area contributed by atoms with Crippen molar-refractivity contribution in [3.05, 3.63) is 53.1 Å². The average molecular weight is 415 g/mol. The summed E-state index contributed by atoms with van der Waals surface area (Å²) in [6.07, 6.45) is 0.0271. The zero-order valence-electron chi connectivity index (χ0n) is 16.7. The molecule has 29 heavy (non-hydrogen) atoms. The van der Waals surface area contributed by atoms with Gasteiger partial charge in [0.15, 0.2) is 0 Å². The van der Waals surface area contributed by atoms with Gasteiger partial charge in [0, 0.05) is 11.1 Å². The summed E-state index contributed by atoms with van der Waals surface area (Å²) < 4.78 is 11.0. The number of aromatic nitrogens is 2. The summed E-state index contributed by atoms with van der Waals surface area (Å²) in [6, 6.07) is 12.8. The molecule has 6 nitrogen and oxygen atoms in total. The van der Waals surface area contributed by atoms with E-state index >= 15 is 0 Å². The van der Waals surface area contributed by atoms with Crippen molar-refractivity contribution in [3.63, 3.8) is 0 Å². The topological polar surface area (TPSA) is 85.5 Å². The van der Waals surface area contributed by atoms with Crippen LogP contribution < -0.4 is 4.74 Å². The van der Waals surface area contributed by atoms with Crippen LogP contribution in [0.1, 0.15) is 39.2 Å². The first-order valence-electron chi connectivity index (χ1n) is 9.39. The summed E-state index contributed by atoms with van der Waals surface area (Å²) in [5.41, 5.74) is 2.42. The zero-order valence-corrected chi connectivity index (χ0v) is 17.5. The van der Waals surface area contributed by atoms with Crippen LogP contribution in [0.3, 0.4) is 0 Å². The minimum atomic E-state index is -0.813. The number of ether oxygens (including phenoxy) is 1. The van der Waals surface area contributed by atoms with Crippen molar-refractivity contribution in [1.29, 1.82) is 0 Å². The highest BCUT2D eigenvalue weighted by Gasteiger charge is 2.21. The molecule has 0 spiro atoms. The quantitative estimate of drug-likeness (QED) is 0.536. The van der Waals surface area contributed by atoms with Gasteiger partial charge in [-0.1, -0.05) is 42.7 Å². The first-order valence-corrected chi connectivity index (χ1v) is 9.77. The van der Waals surface area contributed by atoms with Crippen molar-refractivity contribution in [2.24, 2.45) is 5.92 Å². The molecular formula is C22H23ClN2O4. The van der Waals surface area contributed by atoms with Crippen LogP contribution in [0, 0.1) is 5.92 Å². The van der Waals surface area contributed by atoms with Crippen LogP contribution in [0.5, 0.6) is 5.75 Å². The monoisotopic (exact) mass is 414 g/mol. The molecule has 0 saturated carbocycles. The van der Waals surface area contributed by atoms with Gasteiger partial charge in [-0.25, -0.2) is 0 Å². The Labute approximate surface area is 174 Å². The number of benzene rings is 2. The second-order valence-corrected chi connectivity index (χ2v) is 7.68. The molecule has 0 amide bonds. The minimum absolute atomic E-state index is 0.0271. The molecular weight excluding hydrogens is 392 g/mol. The molecule has 1 heterocycles. The number of nitrogens with zero attached hydrogens (tertiary/aromatic N) is 2. The highest BCUT2D eigenvalue weighted by Crippen LogP contribution is 2.31. The van der Waals surface area contributed by atoms with Crippen LogP contribution in [-0.2, 0) is 4.79 Å². The van der Waals surface area contributed by atoms with Crippen LogP contribution in [0.4, 0.5) is 0 Å². The zero-order chi connectivity index (χ0) is 21.1. The first kappa shape index (κ1) is 20.9. The van der Waals surface area contributed by atoms with Gasteiger partial charge in [0.1, 0.15) is 5.75 Å². The molecule has 3 aromatic rings. The molecule has 0 aliphatic carbocycles.